The van der Waals surface area contributed by atoms with Crippen LogP contribution in [0.5, 0.6) is 0 Å². The first-order valence-corrected chi connectivity index (χ1v) is 3.83. The van der Waals surface area contributed by atoms with Gasteiger partial charge in [0.1, 0.15) is 0 Å². The Bertz CT molecular complexity index is 115. The maximum atomic E-state index is 12.0. The van der Waals surface area contributed by atoms with Crippen LogP contribution in [0.15, 0.2) is 0 Å². The van der Waals surface area contributed by atoms with Crippen LogP contribution in [0.2, 0.25) is 0 Å². The Kier molecular flexibility index (Phi) is 3.20. The summed E-state index contributed by atoms with van der Waals surface area (Å²) in [6.45, 7) is 1.15. The SMILES string of the molecule is N[C@@H](C(F)F)C1CCOCC1. The molecule has 2 nitrogen and oxygen atoms in total. The van der Waals surface area contributed by atoms with Gasteiger partial charge in [-0.1, -0.05) is 0 Å². The predicted octanol–water partition coefficient (Wildman–Crippen LogP) is 1.01. The number of rotatable bonds is 2. The summed E-state index contributed by atoms with van der Waals surface area (Å²) in [6, 6.07) is -0.959. The van der Waals surface area contributed by atoms with Gasteiger partial charge in [-0.3, -0.25) is 0 Å². The fourth-order valence-corrected chi connectivity index (χ4v) is 1.31. The third-order valence-corrected chi connectivity index (χ3v) is 2.10. The van der Waals surface area contributed by atoms with Gasteiger partial charge in [0.15, 0.2) is 0 Å². The van der Waals surface area contributed by atoms with Crippen molar-refractivity contribution in [2.75, 3.05) is 13.2 Å². The van der Waals surface area contributed by atoms with Crippen LogP contribution in [0.25, 0.3) is 0 Å². The van der Waals surface area contributed by atoms with Gasteiger partial charge in [-0.2, -0.15) is 0 Å². The molecule has 1 rings (SSSR count). The largest absolute Gasteiger partial charge is 0.381 e. The van der Waals surface area contributed by atoms with E-state index in [0.717, 1.165) is 0 Å². The third kappa shape index (κ3) is 2.38. The average Bonchev–Trinajstić information content (AvgIpc) is 2.05. The molecule has 0 spiro atoms. The molecule has 1 saturated heterocycles. The Labute approximate surface area is 64.7 Å². The topological polar surface area (TPSA) is 35.2 Å². The van der Waals surface area contributed by atoms with Gasteiger partial charge < -0.3 is 10.5 Å². The molecule has 0 unspecified atom stereocenters. The van der Waals surface area contributed by atoms with Crippen LogP contribution in [0.1, 0.15) is 12.8 Å². The molecule has 0 aromatic rings. The molecule has 4 heteroatoms. The van der Waals surface area contributed by atoms with E-state index in [1.807, 2.05) is 0 Å². The van der Waals surface area contributed by atoms with Crippen molar-refractivity contribution in [1.29, 1.82) is 0 Å². The van der Waals surface area contributed by atoms with Crippen LogP contribution >= 0.6 is 0 Å². The fraction of sp³-hybridized carbons (Fsp3) is 1.00. The summed E-state index contributed by atoms with van der Waals surface area (Å²) in [6.07, 6.45) is -1.05. The van der Waals surface area contributed by atoms with E-state index in [9.17, 15) is 8.78 Å². The number of nitrogens with two attached hydrogens (primary N) is 1. The summed E-state index contributed by atoms with van der Waals surface area (Å²) in [7, 11) is 0. The predicted molar refractivity (Wildman–Crippen MR) is 37.5 cm³/mol. The molecule has 0 aromatic heterocycles. The lowest BCUT2D eigenvalue weighted by atomic mass is 9.93. The van der Waals surface area contributed by atoms with E-state index in [1.165, 1.54) is 0 Å². The molecule has 11 heavy (non-hydrogen) atoms. The summed E-state index contributed by atoms with van der Waals surface area (Å²) in [5.41, 5.74) is 5.29. The van der Waals surface area contributed by atoms with Gasteiger partial charge in [-0.05, 0) is 18.8 Å². The first-order chi connectivity index (χ1) is 5.22. The van der Waals surface area contributed by atoms with Crippen molar-refractivity contribution in [1.82, 2.24) is 0 Å². The highest BCUT2D eigenvalue weighted by Gasteiger charge is 2.27. The normalized spacial score (nSPS) is 24.0. The van der Waals surface area contributed by atoms with Crippen LogP contribution in [-0.2, 0) is 4.74 Å². The minimum atomic E-state index is -2.39. The van der Waals surface area contributed by atoms with E-state index < -0.39 is 12.5 Å². The first-order valence-electron chi connectivity index (χ1n) is 3.83. The van der Waals surface area contributed by atoms with Gasteiger partial charge in [-0.25, -0.2) is 8.78 Å². The van der Waals surface area contributed by atoms with Gasteiger partial charge >= 0.3 is 0 Å². The van der Waals surface area contributed by atoms with Crippen LogP contribution in [0, 0.1) is 5.92 Å². The van der Waals surface area contributed by atoms with Crippen LogP contribution in [0.4, 0.5) is 8.78 Å². The van der Waals surface area contributed by atoms with Crippen LogP contribution in [-0.4, -0.2) is 25.7 Å². The molecule has 0 saturated carbocycles. The van der Waals surface area contributed by atoms with Gasteiger partial charge in [-0.15, -0.1) is 0 Å². The van der Waals surface area contributed by atoms with Crippen molar-refractivity contribution in [2.24, 2.45) is 11.7 Å². The molecule has 0 radical (unpaired) electrons. The average molecular weight is 165 g/mol. The van der Waals surface area contributed by atoms with Crippen LogP contribution < -0.4 is 5.73 Å². The summed E-state index contributed by atoms with van der Waals surface area (Å²) < 4.78 is 29.1. The molecule has 1 heterocycles. The number of halogens is 2. The molecular weight excluding hydrogens is 152 g/mol. The Morgan fingerprint density at radius 3 is 2.27 bits per heavy atom. The summed E-state index contributed by atoms with van der Waals surface area (Å²) in [5, 5.41) is 0. The lowest BCUT2D eigenvalue weighted by molar-refractivity contribution is 0.0209. The minimum Gasteiger partial charge on any atom is -0.381 e. The molecule has 1 aliphatic rings. The van der Waals surface area contributed by atoms with Crippen molar-refractivity contribution >= 4 is 0 Å². The molecular formula is C7H13F2NO. The Balaban J connectivity index is 2.32. The molecule has 0 aliphatic carbocycles. The lowest BCUT2D eigenvalue weighted by Gasteiger charge is -2.26. The molecule has 1 atom stereocenters. The van der Waals surface area contributed by atoms with Gasteiger partial charge in [0.25, 0.3) is 6.43 Å². The highest BCUT2D eigenvalue weighted by molar-refractivity contribution is 4.76. The van der Waals surface area contributed by atoms with E-state index >= 15 is 0 Å². The Hall–Kier alpha value is -0.220. The van der Waals surface area contributed by atoms with E-state index in [-0.39, 0.29) is 5.92 Å². The maximum Gasteiger partial charge on any atom is 0.253 e. The molecule has 0 amide bonds. The third-order valence-electron chi connectivity index (χ3n) is 2.10. The monoisotopic (exact) mass is 165 g/mol. The van der Waals surface area contributed by atoms with Crippen molar-refractivity contribution in [3.8, 4) is 0 Å². The van der Waals surface area contributed by atoms with Crippen molar-refractivity contribution in [3.63, 3.8) is 0 Å². The Morgan fingerprint density at radius 1 is 1.27 bits per heavy atom. The smallest absolute Gasteiger partial charge is 0.253 e. The minimum absolute atomic E-state index is 0.0521. The van der Waals surface area contributed by atoms with Gasteiger partial charge in [0.2, 0.25) is 0 Å². The fourth-order valence-electron chi connectivity index (χ4n) is 1.31. The summed E-state index contributed by atoms with van der Waals surface area (Å²) in [4.78, 5) is 0. The summed E-state index contributed by atoms with van der Waals surface area (Å²) in [5.74, 6) is -0.0521. The molecule has 0 bridgehead atoms. The standard InChI is InChI=1S/C7H13F2NO/c8-7(9)6(10)5-1-3-11-4-2-5/h5-7H,1-4,10H2/t6-/m1/s1. The maximum absolute atomic E-state index is 12.0. The van der Waals surface area contributed by atoms with Gasteiger partial charge in [0.05, 0.1) is 6.04 Å². The number of hydrogen-bond acceptors (Lipinski definition) is 2. The molecule has 2 N–H and O–H groups in total. The van der Waals surface area contributed by atoms with Crippen molar-refractivity contribution in [3.05, 3.63) is 0 Å². The second-order valence-corrected chi connectivity index (χ2v) is 2.86. The van der Waals surface area contributed by atoms with Crippen molar-refractivity contribution in [2.45, 2.75) is 25.3 Å². The van der Waals surface area contributed by atoms with Gasteiger partial charge in [0, 0.05) is 13.2 Å². The molecule has 0 aromatic carbocycles. The lowest BCUT2D eigenvalue weighted by Crippen LogP contribution is -2.39. The number of hydrogen-bond donors (Lipinski definition) is 1. The van der Waals surface area contributed by atoms with E-state index in [0.29, 0.717) is 26.1 Å². The molecule has 1 aliphatic heterocycles. The number of alkyl halides is 2. The van der Waals surface area contributed by atoms with E-state index in [1.54, 1.807) is 0 Å². The zero-order valence-corrected chi connectivity index (χ0v) is 6.30. The molecule has 66 valence electrons. The van der Waals surface area contributed by atoms with Crippen molar-refractivity contribution < 1.29 is 13.5 Å². The Morgan fingerprint density at radius 2 is 1.82 bits per heavy atom. The van der Waals surface area contributed by atoms with E-state index in [2.05, 4.69) is 0 Å². The van der Waals surface area contributed by atoms with E-state index in [4.69, 9.17) is 10.5 Å². The highest BCUT2D eigenvalue weighted by Crippen LogP contribution is 2.20. The van der Waals surface area contributed by atoms with Crippen LogP contribution in [0.3, 0.4) is 0 Å². The molecule has 1 fully saturated rings. The first kappa shape index (κ1) is 8.87. The zero-order chi connectivity index (χ0) is 8.27. The zero-order valence-electron chi connectivity index (χ0n) is 6.30. The second kappa shape index (κ2) is 3.97. The highest BCUT2D eigenvalue weighted by atomic mass is 19.3. The second-order valence-electron chi connectivity index (χ2n) is 2.86. The summed E-state index contributed by atoms with van der Waals surface area (Å²) >= 11 is 0. The quantitative estimate of drug-likeness (QED) is 0.662. The number of ether oxygens (including phenoxy) is 1.